The van der Waals surface area contributed by atoms with Crippen molar-refractivity contribution in [2.45, 2.75) is 65.4 Å². The summed E-state index contributed by atoms with van der Waals surface area (Å²) in [5, 5.41) is 9.19. The summed E-state index contributed by atoms with van der Waals surface area (Å²) < 4.78 is 16.3. The first-order chi connectivity index (χ1) is 14.5. The molecule has 0 bridgehead atoms. The van der Waals surface area contributed by atoms with E-state index in [9.17, 15) is 14.7 Å². The molecule has 7 heteroatoms. The molecule has 1 N–H and O–H groups in total. The van der Waals surface area contributed by atoms with Gasteiger partial charge < -0.3 is 24.2 Å². The number of carboxylic acid groups (broad SMARTS) is 1. The Kier molecular flexibility index (Phi) is 13.3. The molecule has 30 heavy (non-hydrogen) atoms. The standard InChI is InChI=1S/C23H37NO6/c1-4-7-8-9-14-24(23(27)30-16-5-2)15-17-29-20-12-10-19(11-13-20)18-21(22(25)26)28-6-3/h10-13,21H,4-9,14-18H2,1-3H3,(H,25,26). The molecule has 0 radical (unpaired) electrons. The molecule has 0 saturated heterocycles. The minimum atomic E-state index is -0.967. The Morgan fingerprint density at radius 3 is 2.30 bits per heavy atom. The van der Waals surface area contributed by atoms with Crippen LogP contribution in [0.25, 0.3) is 0 Å². The highest BCUT2D eigenvalue weighted by Crippen LogP contribution is 2.15. The first-order valence-corrected chi connectivity index (χ1v) is 11.0. The monoisotopic (exact) mass is 423 g/mol. The topological polar surface area (TPSA) is 85.3 Å². The molecule has 0 fully saturated rings. The van der Waals surface area contributed by atoms with Gasteiger partial charge in [0.2, 0.25) is 0 Å². The quantitative estimate of drug-likeness (QED) is 0.393. The van der Waals surface area contributed by atoms with Crippen molar-refractivity contribution >= 4 is 12.1 Å². The van der Waals surface area contributed by atoms with Gasteiger partial charge in [0.05, 0.1) is 13.2 Å². The van der Waals surface area contributed by atoms with Crippen LogP contribution in [0.5, 0.6) is 5.75 Å². The molecule has 1 aromatic carbocycles. The second kappa shape index (κ2) is 15.5. The zero-order chi connectivity index (χ0) is 22.2. The Bertz CT molecular complexity index is 604. The van der Waals surface area contributed by atoms with Crippen LogP contribution in [0.15, 0.2) is 24.3 Å². The molecule has 0 aliphatic heterocycles. The van der Waals surface area contributed by atoms with E-state index in [0.29, 0.717) is 45.1 Å². The highest BCUT2D eigenvalue weighted by Gasteiger charge is 2.18. The molecule has 1 rings (SSSR count). The Morgan fingerprint density at radius 2 is 1.70 bits per heavy atom. The molecule has 170 valence electrons. The number of nitrogens with zero attached hydrogens (tertiary/aromatic N) is 1. The molecule has 0 spiro atoms. The molecular formula is C23H37NO6. The molecule has 0 heterocycles. The van der Waals surface area contributed by atoms with E-state index in [-0.39, 0.29) is 6.09 Å². The van der Waals surface area contributed by atoms with Crippen LogP contribution < -0.4 is 4.74 Å². The van der Waals surface area contributed by atoms with Crippen LogP contribution in [0.2, 0.25) is 0 Å². The van der Waals surface area contributed by atoms with Crippen LogP contribution in [0, 0.1) is 0 Å². The number of rotatable bonds is 16. The maximum absolute atomic E-state index is 12.3. The van der Waals surface area contributed by atoms with E-state index in [2.05, 4.69) is 6.92 Å². The highest BCUT2D eigenvalue weighted by molar-refractivity contribution is 5.72. The minimum absolute atomic E-state index is 0.289. The van der Waals surface area contributed by atoms with Crippen molar-refractivity contribution in [3.63, 3.8) is 0 Å². The lowest BCUT2D eigenvalue weighted by molar-refractivity contribution is -0.149. The van der Waals surface area contributed by atoms with Crippen LogP contribution in [0.1, 0.15) is 58.4 Å². The summed E-state index contributed by atoms with van der Waals surface area (Å²) in [5.41, 5.74) is 0.865. The number of unbranched alkanes of at least 4 members (excludes halogenated alkanes) is 3. The van der Waals surface area contributed by atoms with Gasteiger partial charge in [0.15, 0.2) is 6.10 Å². The maximum Gasteiger partial charge on any atom is 0.409 e. The Balaban J connectivity index is 2.52. The van der Waals surface area contributed by atoms with E-state index in [1.54, 1.807) is 24.0 Å². The summed E-state index contributed by atoms with van der Waals surface area (Å²) in [5.74, 6) is -0.291. The fraction of sp³-hybridized carbons (Fsp3) is 0.652. The summed E-state index contributed by atoms with van der Waals surface area (Å²) >= 11 is 0. The van der Waals surface area contributed by atoms with Crippen LogP contribution >= 0.6 is 0 Å². The predicted octanol–water partition coefficient (Wildman–Crippen LogP) is 4.53. The lowest BCUT2D eigenvalue weighted by Gasteiger charge is -2.22. The van der Waals surface area contributed by atoms with Gasteiger partial charge in [-0.15, -0.1) is 0 Å². The third-order valence-corrected chi connectivity index (χ3v) is 4.59. The Hall–Kier alpha value is -2.28. The van der Waals surface area contributed by atoms with Gasteiger partial charge in [-0.2, -0.15) is 0 Å². The van der Waals surface area contributed by atoms with E-state index in [4.69, 9.17) is 14.2 Å². The third-order valence-electron chi connectivity index (χ3n) is 4.59. The van der Waals surface area contributed by atoms with Crippen LogP contribution in [0.3, 0.4) is 0 Å². The van der Waals surface area contributed by atoms with Crippen molar-refractivity contribution in [3.8, 4) is 5.75 Å². The number of hydrogen-bond donors (Lipinski definition) is 1. The molecule has 1 aromatic rings. The van der Waals surface area contributed by atoms with Gasteiger partial charge in [0.25, 0.3) is 0 Å². The highest BCUT2D eigenvalue weighted by atomic mass is 16.6. The summed E-state index contributed by atoms with van der Waals surface area (Å²) in [7, 11) is 0. The fourth-order valence-corrected chi connectivity index (χ4v) is 2.93. The van der Waals surface area contributed by atoms with Crippen molar-refractivity contribution in [2.24, 2.45) is 0 Å². The lowest BCUT2D eigenvalue weighted by atomic mass is 10.1. The molecule has 0 aliphatic rings. The molecule has 0 aliphatic carbocycles. The summed E-state index contributed by atoms with van der Waals surface area (Å²) in [6.45, 7) is 8.17. The van der Waals surface area contributed by atoms with Crippen LogP contribution in [-0.4, -0.2) is 61.1 Å². The van der Waals surface area contributed by atoms with Crippen molar-refractivity contribution in [1.82, 2.24) is 4.90 Å². The van der Waals surface area contributed by atoms with Gasteiger partial charge in [-0.25, -0.2) is 9.59 Å². The van der Waals surface area contributed by atoms with E-state index >= 15 is 0 Å². The second-order valence-electron chi connectivity index (χ2n) is 7.14. The molecule has 7 nitrogen and oxygen atoms in total. The smallest absolute Gasteiger partial charge is 0.409 e. The fourth-order valence-electron chi connectivity index (χ4n) is 2.93. The van der Waals surface area contributed by atoms with Gasteiger partial charge in [-0.1, -0.05) is 45.2 Å². The first kappa shape index (κ1) is 25.8. The van der Waals surface area contributed by atoms with E-state index in [0.717, 1.165) is 37.7 Å². The van der Waals surface area contributed by atoms with Crippen LogP contribution in [0.4, 0.5) is 4.79 Å². The van der Waals surface area contributed by atoms with Crippen molar-refractivity contribution in [1.29, 1.82) is 0 Å². The molecule has 1 amide bonds. The molecule has 0 saturated carbocycles. The number of amides is 1. The zero-order valence-electron chi connectivity index (χ0n) is 18.6. The van der Waals surface area contributed by atoms with E-state index < -0.39 is 12.1 Å². The minimum Gasteiger partial charge on any atom is -0.492 e. The number of hydrogen-bond acceptors (Lipinski definition) is 5. The van der Waals surface area contributed by atoms with Crippen LogP contribution in [-0.2, 0) is 20.7 Å². The number of carbonyl (C=O) groups is 2. The average molecular weight is 424 g/mol. The molecular weight excluding hydrogens is 386 g/mol. The number of ether oxygens (including phenoxy) is 3. The van der Waals surface area contributed by atoms with Gasteiger partial charge in [0, 0.05) is 19.6 Å². The summed E-state index contributed by atoms with van der Waals surface area (Å²) in [6.07, 6.45) is 4.32. The largest absolute Gasteiger partial charge is 0.492 e. The maximum atomic E-state index is 12.3. The number of aliphatic carboxylic acids is 1. The Labute approximate surface area is 180 Å². The number of carbonyl (C=O) groups excluding carboxylic acids is 1. The van der Waals surface area contributed by atoms with Gasteiger partial charge in [0.1, 0.15) is 12.4 Å². The van der Waals surface area contributed by atoms with Gasteiger partial charge in [-0.05, 0) is 37.5 Å². The van der Waals surface area contributed by atoms with E-state index in [1.165, 1.54) is 0 Å². The summed E-state index contributed by atoms with van der Waals surface area (Å²) in [4.78, 5) is 25.2. The normalized spacial score (nSPS) is 11.7. The molecule has 0 aromatic heterocycles. The SMILES string of the molecule is CCCCCCN(CCOc1ccc(CC(OCC)C(=O)O)cc1)C(=O)OCCC. The van der Waals surface area contributed by atoms with Gasteiger partial charge >= 0.3 is 12.1 Å². The Morgan fingerprint density at radius 1 is 0.967 bits per heavy atom. The number of carboxylic acids is 1. The summed E-state index contributed by atoms with van der Waals surface area (Å²) in [6, 6.07) is 7.28. The predicted molar refractivity (Wildman–Crippen MR) is 116 cm³/mol. The van der Waals surface area contributed by atoms with Crippen molar-refractivity contribution in [3.05, 3.63) is 29.8 Å². The molecule has 1 atom stereocenters. The van der Waals surface area contributed by atoms with Crippen molar-refractivity contribution < 1.29 is 28.9 Å². The van der Waals surface area contributed by atoms with Crippen molar-refractivity contribution in [2.75, 3.05) is 32.9 Å². The van der Waals surface area contributed by atoms with E-state index in [1.807, 2.05) is 19.1 Å². The third kappa shape index (κ3) is 10.5. The number of benzene rings is 1. The average Bonchev–Trinajstić information content (AvgIpc) is 2.74. The molecule has 1 unspecified atom stereocenters. The van der Waals surface area contributed by atoms with Gasteiger partial charge in [-0.3, -0.25) is 0 Å². The second-order valence-corrected chi connectivity index (χ2v) is 7.14. The lowest BCUT2D eigenvalue weighted by Crippen LogP contribution is -2.36. The first-order valence-electron chi connectivity index (χ1n) is 11.0. The zero-order valence-corrected chi connectivity index (χ0v) is 18.6.